The Morgan fingerprint density at radius 3 is 3.08 bits per heavy atom. The average molecular weight is 199 g/mol. The second-order valence-electron chi connectivity index (χ2n) is 2.66. The summed E-state index contributed by atoms with van der Waals surface area (Å²) in [5.41, 5.74) is 6.43. The summed E-state index contributed by atoms with van der Waals surface area (Å²) < 4.78 is 4.66. The predicted octanol–water partition coefficient (Wildman–Crippen LogP) is 1.43. The number of rotatable bonds is 4. The van der Waals surface area contributed by atoms with Crippen molar-refractivity contribution in [2.45, 2.75) is 12.8 Å². The molecule has 1 aromatic rings. The number of hydrogen-bond donors (Lipinski definition) is 1. The van der Waals surface area contributed by atoms with Crippen LogP contribution in [0.25, 0.3) is 0 Å². The van der Waals surface area contributed by atoms with Gasteiger partial charge in [0, 0.05) is 0 Å². The number of carbonyl (C=O) groups excluding carboxylic acids is 1. The molecule has 1 heterocycles. The van der Waals surface area contributed by atoms with Crippen molar-refractivity contribution in [2.75, 3.05) is 13.7 Å². The summed E-state index contributed by atoms with van der Waals surface area (Å²) in [4.78, 5) is 11.9. The van der Waals surface area contributed by atoms with E-state index in [1.807, 2.05) is 11.4 Å². The molecule has 0 radical (unpaired) electrons. The second kappa shape index (κ2) is 4.99. The van der Waals surface area contributed by atoms with Crippen LogP contribution in [0.1, 0.15) is 21.7 Å². The van der Waals surface area contributed by atoms with Crippen molar-refractivity contribution in [3.05, 3.63) is 21.9 Å². The summed E-state index contributed by atoms with van der Waals surface area (Å²) in [7, 11) is 1.40. The Morgan fingerprint density at radius 1 is 1.69 bits per heavy atom. The summed E-state index contributed by atoms with van der Waals surface area (Å²) in [6.45, 7) is 0.649. The van der Waals surface area contributed by atoms with Crippen LogP contribution in [0, 0.1) is 0 Å². The smallest absolute Gasteiger partial charge is 0.348 e. The Hall–Kier alpha value is -0.870. The molecule has 72 valence electrons. The first-order chi connectivity index (χ1) is 6.29. The summed E-state index contributed by atoms with van der Waals surface area (Å²) in [6.07, 6.45) is 1.76. The Labute approximate surface area is 81.5 Å². The maximum atomic E-state index is 11.2. The van der Waals surface area contributed by atoms with Crippen LogP contribution < -0.4 is 5.73 Å². The monoisotopic (exact) mass is 199 g/mol. The van der Waals surface area contributed by atoms with Crippen molar-refractivity contribution in [3.63, 3.8) is 0 Å². The minimum absolute atomic E-state index is 0.248. The van der Waals surface area contributed by atoms with Crippen LogP contribution >= 0.6 is 11.3 Å². The lowest BCUT2D eigenvalue weighted by atomic mass is 10.1. The van der Waals surface area contributed by atoms with Gasteiger partial charge in [0.1, 0.15) is 4.88 Å². The van der Waals surface area contributed by atoms with Crippen molar-refractivity contribution in [2.24, 2.45) is 5.73 Å². The number of carbonyl (C=O) groups is 1. The third-order valence-electron chi connectivity index (χ3n) is 1.77. The van der Waals surface area contributed by atoms with Crippen molar-refractivity contribution in [1.29, 1.82) is 0 Å². The van der Waals surface area contributed by atoms with E-state index in [1.165, 1.54) is 18.4 Å². The van der Waals surface area contributed by atoms with Gasteiger partial charge in [-0.05, 0) is 36.4 Å². The molecule has 1 aromatic heterocycles. The first kappa shape index (κ1) is 10.2. The first-order valence-electron chi connectivity index (χ1n) is 4.14. The molecule has 4 heteroatoms. The minimum atomic E-state index is -0.248. The maximum Gasteiger partial charge on any atom is 0.348 e. The zero-order valence-corrected chi connectivity index (χ0v) is 8.39. The summed E-state index contributed by atoms with van der Waals surface area (Å²) in [5, 5.41) is 1.90. The van der Waals surface area contributed by atoms with Crippen molar-refractivity contribution in [1.82, 2.24) is 0 Å². The van der Waals surface area contributed by atoms with Gasteiger partial charge in [-0.3, -0.25) is 0 Å². The lowest BCUT2D eigenvalue weighted by molar-refractivity contribution is 0.0605. The quantitative estimate of drug-likeness (QED) is 0.746. The molecule has 0 saturated carbocycles. The van der Waals surface area contributed by atoms with E-state index in [4.69, 9.17) is 5.73 Å². The number of aryl methyl sites for hydroxylation is 1. The van der Waals surface area contributed by atoms with Gasteiger partial charge in [-0.2, -0.15) is 0 Å². The molecule has 13 heavy (non-hydrogen) atoms. The topological polar surface area (TPSA) is 52.3 Å². The van der Waals surface area contributed by atoms with Gasteiger partial charge < -0.3 is 10.5 Å². The maximum absolute atomic E-state index is 11.2. The molecule has 0 atom stereocenters. The standard InChI is InChI=1S/C9H13NO2S/c1-12-9(11)8-7(3-2-5-10)4-6-13-8/h4,6H,2-3,5,10H2,1H3. The van der Waals surface area contributed by atoms with Gasteiger partial charge in [0.05, 0.1) is 7.11 Å². The van der Waals surface area contributed by atoms with E-state index in [1.54, 1.807) is 0 Å². The molecule has 0 aliphatic heterocycles. The Balaban J connectivity index is 2.71. The van der Waals surface area contributed by atoms with Crippen LogP contribution in [0.15, 0.2) is 11.4 Å². The zero-order valence-electron chi connectivity index (χ0n) is 7.58. The van der Waals surface area contributed by atoms with Gasteiger partial charge in [-0.15, -0.1) is 11.3 Å². The van der Waals surface area contributed by atoms with Crippen molar-refractivity contribution < 1.29 is 9.53 Å². The average Bonchev–Trinajstić information content (AvgIpc) is 2.61. The molecule has 0 spiro atoms. The molecule has 0 amide bonds. The van der Waals surface area contributed by atoms with Gasteiger partial charge >= 0.3 is 5.97 Å². The van der Waals surface area contributed by atoms with E-state index in [9.17, 15) is 4.79 Å². The van der Waals surface area contributed by atoms with E-state index in [0.717, 1.165) is 18.4 Å². The largest absolute Gasteiger partial charge is 0.465 e. The van der Waals surface area contributed by atoms with Crippen LogP contribution in [0.3, 0.4) is 0 Å². The normalized spacial score (nSPS) is 10.0. The summed E-state index contributed by atoms with van der Waals surface area (Å²) >= 11 is 1.42. The fourth-order valence-electron chi connectivity index (χ4n) is 1.10. The van der Waals surface area contributed by atoms with Crippen LogP contribution in [-0.2, 0) is 11.2 Å². The zero-order chi connectivity index (χ0) is 9.68. The Kier molecular flexibility index (Phi) is 3.92. The van der Waals surface area contributed by atoms with Crippen LogP contribution in [0.5, 0.6) is 0 Å². The fraction of sp³-hybridized carbons (Fsp3) is 0.444. The van der Waals surface area contributed by atoms with Crippen LogP contribution in [0.4, 0.5) is 0 Å². The van der Waals surface area contributed by atoms with E-state index < -0.39 is 0 Å². The number of nitrogens with two attached hydrogens (primary N) is 1. The highest BCUT2D eigenvalue weighted by molar-refractivity contribution is 7.12. The van der Waals surface area contributed by atoms with Gasteiger partial charge in [0.15, 0.2) is 0 Å². The molecular weight excluding hydrogens is 186 g/mol. The molecule has 3 nitrogen and oxygen atoms in total. The third kappa shape index (κ3) is 2.54. The van der Waals surface area contributed by atoms with Crippen molar-refractivity contribution >= 4 is 17.3 Å². The van der Waals surface area contributed by atoms with Gasteiger partial charge in [0.2, 0.25) is 0 Å². The van der Waals surface area contributed by atoms with Crippen LogP contribution in [0.2, 0.25) is 0 Å². The molecule has 0 bridgehead atoms. The lowest BCUT2D eigenvalue weighted by Crippen LogP contribution is -2.04. The molecule has 0 saturated heterocycles. The number of ether oxygens (including phenoxy) is 1. The van der Waals surface area contributed by atoms with Crippen molar-refractivity contribution in [3.8, 4) is 0 Å². The molecule has 0 aliphatic carbocycles. The second-order valence-corrected chi connectivity index (χ2v) is 3.57. The highest BCUT2D eigenvalue weighted by Crippen LogP contribution is 2.18. The summed E-state index contributed by atoms with van der Waals surface area (Å²) in [6, 6.07) is 1.95. The Bertz CT molecular complexity index is 283. The van der Waals surface area contributed by atoms with E-state index in [-0.39, 0.29) is 5.97 Å². The molecule has 1 rings (SSSR count). The lowest BCUT2D eigenvalue weighted by Gasteiger charge is -2.00. The number of thiophene rings is 1. The van der Waals surface area contributed by atoms with Gasteiger partial charge in [-0.25, -0.2) is 4.79 Å². The van der Waals surface area contributed by atoms with E-state index in [2.05, 4.69) is 4.74 Å². The molecule has 0 aromatic carbocycles. The van der Waals surface area contributed by atoms with Gasteiger partial charge in [0.25, 0.3) is 0 Å². The van der Waals surface area contributed by atoms with E-state index in [0.29, 0.717) is 11.4 Å². The highest BCUT2D eigenvalue weighted by Gasteiger charge is 2.12. The molecule has 0 unspecified atom stereocenters. The third-order valence-corrected chi connectivity index (χ3v) is 2.70. The number of esters is 1. The number of hydrogen-bond acceptors (Lipinski definition) is 4. The molecule has 0 fully saturated rings. The highest BCUT2D eigenvalue weighted by atomic mass is 32.1. The molecular formula is C9H13NO2S. The Morgan fingerprint density at radius 2 is 2.46 bits per heavy atom. The molecule has 2 N–H and O–H groups in total. The predicted molar refractivity (Wildman–Crippen MR) is 53.0 cm³/mol. The fourth-order valence-corrected chi connectivity index (χ4v) is 1.97. The minimum Gasteiger partial charge on any atom is -0.465 e. The van der Waals surface area contributed by atoms with E-state index >= 15 is 0 Å². The number of methoxy groups -OCH3 is 1. The van der Waals surface area contributed by atoms with Gasteiger partial charge in [-0.1, -0.05) is 0 Å². The SMILES string of the molecule is COC(=O)c1sccc1CCCN. The summed E-state index contributed by atoms with van der Waals surface area (Å²) in [5.74, 6) is -0.248. The first-order valence-corrected chi connectivity index (χ1v) is 5.02. The van der Waals surface area contributed by atoms with Crippen LogP contribution in [-0.4, -0.2) is 19.6 Å². The molecule has 0 aliphatic rings.